The molecule has 140 valence electrons. The third-order valence-electron chi connectivity index (χ3n) is 4.17. The van der Waals surface area contributed by atoms with Gasteiger partial charge in [0.25, 0.3) is 0 Å². The van der Waals surface area contributed by atoms with Gasteiger partial charge in [-0.25, -0.2) is 0 Å². The van der Waals surface area contributed by atoms with E-state index >= 15 is 0 Å². The summed E-state index contributed by atoms with van der Waals surface area (Å²) in [5.41, 5.74) is 2.19. The van der Waals surface area contributed by atoms with E-state index in [0.29, 0.717) is 32.8 Å². The largest absolute Gasteiger partial charge is 0.393 e. The van der Waals surface area contributed by atoms with Crippen LogP contribution in [-0.2, 0) is 27.5 Å². The van der Waals surface area contributed by atoms with Gasteiger partial charge in [-0.05, 0) is 17.5 Å². The van der Waals surface area contributed by atoms with Gasteiger partial charge in [0.05, 0.1) is 25.9 Å². The molecule has 0 unspecified atom stereocenters. The Morgan fingerprint density at radius 2 is 1.46 bits per heavy atom. The molecule has 4 heteroatoms. The number of rotatable bonds is 12. The molecule has 0 radical (unpaired) electrons. The monoisotopic (exact) mass is 356 g/mol. The molecule has 0 aromatic heterocycles. The third kappa shape index (κ3) is 7.91. The molecule has 0 aliphatic rings. The van der Waals surface area contributed by atoms with Crippen LogP contribution in [-0.4, -0.2) is 30.2 Å². The van der Waals surface area contributed by atoms with Crippen LogP contribution in [0, 0.1) is 5.92 Å². The number of hydrogen-bond acceptors (Lipinski definition) is 4. The summed E-state index contributed by atoms with van der Waals surface area (Å²) in [4.78, 5) is 12.2. The van der Waals surface area contributed by atoms with Gasteiger partial charge in [-0.3, -0.25) is 4.79 Å². The van der Waals surface area contributed by atoms with Crippen molar-refractivity contribution in [1.29, 1.82) is 0 Å². The van der Waals surface area contributed by atoms with Gasteiger partial charge in [-0.15, -0.1) is 0 Å². The molecule has 0 bridgehead atoms. The van der Waals surface area contributed by atoms with Crippen molar-refractivity contribution in [2.75, 3.05) is 13.2 Å². The van der Waals surface area contributed by atoms with Gasteiger partial charge in [-0.2, -0.15) is 0 Å². The molecule has 0 aliphatic heterocycles. The number of carbonyl (C=O) groups is 1. The maximum Gasteiger partial charge on any atom is 0.140 e. The number of ether oxygens (including phenoxy) is 2. The molecular formula is C22H28O4. The van der Waals surface area contributed by atoms with E-state index in [4.69, 9.17) is 9.47 Å². The maximum atomic E-state index is 12.2. The van der Waals surface area contributed by atoms with Crippen molar-refractivity contribution in [3.8, 4) is 0 Å². The predicted octanol–water partition coefficient (Wildman–Crippen LogP) is 3.77. The lowest BCUT2D eigenvalue weighted by Gasteiger charge is -2.15. The molecule has 0 saturated carbocycles. The molecule has 0 aliphatic carbocycles. The smallest absolute Gasteiger partial charge is 0.140 e. The normalized spacial score (nSPS) is 13.3. The number of carbonyl (C=O) groups excluding carboxylic acids is 1. The number of Topliss-reactive ketones (excluding diaryl/α,β-unsaturated/α-hetero) is 1. The average Bonchev–Trinajstić information content (AvgIpc) is 2.67. The Labute approximate surface area is 155 Å². The van der Waals surface area contributed by atoms with E-state index < -0.39 is 6.10 Å². The van der Waals surface area contributed by atoms with Crippen molar-refractivity contribution >= 4 is 5.78 Å². The minimum Gasteiger partial charge on any atom is -0.393 e. The number of benzene rings is 2. The number of hydrogen-bond donors (Lipinski definition) is 1. The lowest BCUT2D eigenvalue weighted by Crippen LogP contribution is -2.23. The molecule has 0 spiro atoms. The first-order valence-corrected chi connectivity index (χ1v) is 9.09. The Morgan fingerprint density at radius 1 is 0.923 bits per heavy atom. The highest BCUT2D eigenvalue weighted by molar-refractivity contribution is 5.81. The van der Waals surface area contributed by atoms with Gasteiger partial charge in [0.2, 0.25) is 0 Å². The Hall–Kier alpha value is -2.01. The molecule has 2 rings (SSSR count). The summed E-state index contributed by atoms with van der Waals surface area (Å²) in [6.07, 6.45) is -0.0735. The van der Waals surface area contributed by atoms with Gasteiger partial charge in [0.15, 0.2) is 0 Å². The van der Waals surface area contributed by atoms with Crippen molar-refractivity contribution in [2.45, 2.75) is 39.1 Å². The topological polar surface area (TPSA) is 55.8 Å². The molecule has 0 saturated heterocycles. The van der Waals surface area contributed by atoms with Crippen LogP contribution in [0.25, 0.3) is 0 Å². The molecule has 0 fully saturated rings. The second-order valence-electron chi connectivity index (χ2n) is 6.55. The second kappa shape index (κ2) is 11.6. The zero-order valence-corrected chi connectivity index (χ0v) is 15.3. The first kappa shape index (κ1) is 20.3. The molecular weight excluding hydrogens is 328 g/mol. The van der Waals surface area contributed by atoms with E-state index in [1.165, 1.54) is 0 Å². The van der Waals surface area contributed by atoms with Crippen molar-refractivity contribution in [3.63, 3.8) is 0 Å². The van der Waals surface area contributed by atoms with Crippen LogP contribution in [0.1, 0.15) is 30.9 Å². The van der Waals surface area contributed by atoms with Gasteiger partial charge in [0, 0.05) is 18.9 Å². The standard InChI is InChI=1S/C22H28O4/c1-18(15-26-17-20-10-6-3-7-11-20)22(24)14-21(23)12-13-25-16-19-8-4-2-5-9-19/h2-11,18,21,23H,12-17H2,1H3/t18-,21-/m0/s1. The molecule has 2 aromatic carbocycles. The maximum absolute atomic E-state index is 12.2. The average molecular weight is 356 g/mol. The van der Waals surface area contributed by atoms with Crippen LogP contribution < -0.4 is 0 Å². The summed E-state index contributed by atoms with van der Waals surface area (Å²) < 4.78 is 11.2. The highest BCUT2D eigenvalue weighted by Crippen LogP contribution is 2.10. The quantitative estimate of drug-likeness (QED) is 0.588. The van der Waals surface area contributed by atoms with Crippen molar-refractivity contribution in [2.24, 2.45) is 5.92 Å². The Balaban J connectivity index is 1.56. The molecule has 2 atom stereocenters. The van der Waals surface area contributed by atoms with Crippen LogP contribution in [0.5, 0.6) is 0 Å². The minimum atomic E-state index is -0.671. The zero-order chi connectivity index (χ0) is 18.6. The number of aliphatic hydroxyl groups is 1. The highest BCUT2D eigenvalue weighted by atomic mass is 16.5. The minimum absolute atomic E-state index is 0.0219. The predicted molar refractivity (Wildman–Crippen MR) is 102 cm³/mol. The summed E-state index contributed by atoms with van der Waals surface area (Å²) in [6, 6.07) is 19.8. The van der Waals surface area contributed by atoms with Crippen LogP contribution >= 0.6 is 0 Å². The molecule has 2 aromatic rings. The lowest BCUT2D eigenvalue weighted by atomic mass is 10.0. The summed E-state index contributed by atoms with van der Waals surface area (Å²) in [7, 11) is 0. The first-order chi connectivity index (χ1) is 12.6. The lowest BCUT2D eigenvalue weighted by molar-refractivity contribution is -0.126. The van der Waals surface area contributed by atoms with E-state index in [1.54, 1.807) is 0 Å². The van der Waals surface area contributed by atoms with Crippen LogP contribution in [0.3, 0.4) is 0 Å². The fraction of sp³-hybridized carbons (Fsp3) is 0.409. The zero-order valence-electron chi connectivity index (χ0n) is 15.3. The van der Waals surface area contributed by atoms with Gasteiger partial charge in [0.1, 0.15) is 5.78 Å². The van der Waals surface area contributed by atoms with Crippen molar-refractivity contribution in [3.05, 3.63) is 71.8 Å². The van der Waals surface area contributed by atoms with Crippen LogP contribution in [0.2, 0.25) is 0 Å². The van der Waals surface area contributed by atoms with Crippen molar-refractivity contribution < 1.29 is 19.4 Å². The number of aliphatic hydroxyl groups excluding tert-OH is 1. The summed E-state index contributed by atoms with van der Waals surface area (Å²) in [5, 5.41) is 10.0. The second-order valence-corrected chi connectivity index (χ2v) is 6.55. The van der Waals surface area contributed by atoms with E-state index in [2.05, 4.69) is 0 Å². The Kier molecular flexibility index (Phi) is 9.04. The highest BCUT2D eigenvalue weighted by Gasteiger charge is 2.17. The van der Waals surface area contributed by atoms with E-state index in [-0.39, 0.29) is 18.1 Å². The summed E-state index contributed by atoms with van der Waals surface area (Å²) in [6.45, 7) is 3.65. The van der Waals surface area contributed by atoms with Crippen molar-refractivity contribution in [1.82, 2.24) is 0 Å². The molecule has 0 amide bonds. The van der Waals surface area contributed by atoms with Crippen LogP contribution in [0.4, 0.5) is 0 Å². The molecule has 1 N–H and O–H groups in total. The fourth-order valence-electron chi connectivity index (χ4n) is 2.54. The van der Waals surface area contributed by atoms with Gasteiger partial charge in [-0.1, -0.05) is 67.6 Å². The third-order valence-corrected chi connectivity index (χ3v) is 4.17. The molecule has 26 heavy (non-hydrogen) atoms. The Bertz CT molecular complexity index is 627. The van der Waals surface area contributed by atoms with E-state index in [0.717, 1.165) is 11.1 Å². The van der Waals surface area contributed by atoms with Crippen LogP contribution in [0.15, 0.2) is 60.7 Å². The fourth-order valence-corrected chi connectivity index (χ4v) is 2.54. The van der Waals surface area contributed by atoms with Gasteiger partial charge >= 0.3 is 0 Å². The number of ketones is 1. The first-order valence-electron chi connectivity index (χ1n) is 9.09. The Morgan fingerprint density at radius 3 is 2.04 bits per heavy atom. The SMILES string of the molecule is C[C@@H](COCc1ccccc1)C(=O)C[C@@H](O)CCOCc1ccccc1. The summed E-state index contributed by atoms with van der Waals surface area (Å²) >= 11 is 0. The van der Waals surface area contributed by atoms with E-state index in [9.17, 15) is 9.90 Å². The molecule has 4 nitrogen and oxygen atoms in total. The van der Waals surface area contributed by atoms with Gasteiger partial charge < -0.3 is 14.6 Å². The molecule has 0 heterocycles. The summed E-state index contributed by atoms with van der Waals surface area (Å²) in [5.74, 6) is -0.202. The van der Waals surface area contributed by atoms with E-state index in [1.807, 2.05) is 67.6 Å².